The largest absolute Gasteiger partial charge is 0.416 e. The Morgan fingerprint density at radius 2 is 1.90 bits per heavy atom. The average Bonchev–Trinajstić information content (AvgIpc) is 3.28. The SMILES string of the molecule is CN(C)c1cccc(-c2cc(C(F)(F)F)cc(CNCC3CCN(c4nccc(/C=C5/SC(=O)NC5=O)n4)CC3)n2)c1. The Morgan fingerprint density at radius 3 is 2.60 bits per heavy atom. The van der Waals surface area contributed by atoms with Gasteiger partial charge in [0, 0.05) is 51.2 Å². The van der Waals surface area contributed by atoms with Crippen LogP contribution in [-0.2, 0) is 17.5 Å². The third-order valence-electron chi connectivity index (χ3n) is 7.09. The van der Waals surface area contributed by atoms with Gasteiger partial charge >= 0.3 is 6.18 Å². The summed E-state index contributed by atoms with van der Waals surface area (Å²) in [6.07, 6.45) is 0.418. The zero-order chi connectivity index (χ0) is 29.9. The quantitative estimate of drug-likeness (QED) is 0.349. The summed E-state index contributed by atoms with van der Waals surface area (Å²) in [6.45, 7) is 2.30. The monoisotopic (exact) mass is 597 g/mol. The molecule has 9 nitrogen and oxygen atoms in total. The highest BCUT2D eigenvalue weighted by atomic mass is 32.2. The number of halogens is 3. The number of anilines is 2. The molecule has 0 atom stereocenters. The summed E-state index contributed by atoms with van der Waals surface area (Å²) in [7, 11) is 3.75. The van der Waals surface area contributed by atoms with Crippen LogP contribution >= 0.6 is 11.8 Å². The molecule has 2 aliphatic heterocycles. The van der Waals surface area contributed by atoms with Gasteiger partial charge in [0.1, 0.15) is 0 Å². The first-order valence-corrected chi connectivity index (χ1v) is 14.3. The van der Waals surface area contributed by atoms with Crippen LogP contribution in [0.4, 0.5) is 29.6 Å². The molecule has 2 fully saturated rings. The van der Waals surface area contributed by atoms with E-state index in [1.807, 2.05) is 37.2 Å². The molecule has 5 rings (SSSR count). The molecular formula is C29H30F3N7O2S. The zero-order valence-corrected chi connectivity index (χ0v) is 23.9. The van der Waals surface area contributed by atoms with Crippen LogP contribution in [-0.4, -0.2) is 59.8 Å². The summed E-state index contributed by atoms with van der Waals surface area (Å²) in [6, 6.07) is 11.2. The first kappa shape index (κ1) is 29.5. The number of hydrogen-bond acceptors (Lipinski definition) is 9. The van der Waals surface area contributed by atoms with Gasteiger partial charge in [-0.2, -0.15) is 13.2 Å². The Hall–Kier alpha value is -3.97. The fourth-order valence-electron chi connectivity index (χ4n) is 4.82. The summed E-state index contributed by atoms with van der Waals surface area (Å²) in [4.78, 5) is 40.9. The number of piperidine rings is 1. The third-order valence-corrected chi connectivity index (χ3v) is 7.90. The van der Waals surface area contributed by atoms with Gasteiger partial charge in [0.2, 0.25) is 5.95 Å². The summed E-state index contributed by atoms with van der Waals surface area (Å²) < 4.78 is 41.1. The molecule has 220 valence electrons. The second-order valence-electron chi connectivity index (χ2n) is 10.4. The van der Waals surface area contributed by atoms with E-state index >= 15 is 0 Å². The number of benzene rings is 1. The fourth-order valence-corrected chi connectivity index (χ4v) is 5.49. The van der Waals surface area contributed by atoms with E-state index in [4.69, 9.17) is 0 Å². The number of nitrogens with zero attached hydrogens (tertiary/aromatic N) is 5. The highest BCUT2D eigenvalue weighted by molar-refractivity contribution is 8.18. The Kier molecular flexibility index (Phi) is 8.78. The van der Waals surface area contributed by atoms with Crippen LogP contribution in [0.5, 0.6) is 0 Å². The summed E-state index contributed by atoms with van der Waals surface area (Å²) in [5, 5.41) is 5.12. The number of alkyl halides is 3. The maximum absolute atomic E-state index is 13.7. The van der Waals surface area contributed by atoms with Gasteiger partial charge in [-0.3, -0.25) is 19.9 Å². The molecule has 42 heavy (non-hydrogen) atoms. The van der Waals surface area contributed by atoms with Crippen LogP contribution in [0.15, 0.2) is 53.6 Å². The maximum atomic E-state index is 13.7. The number of rotatable bonds is 8. The van der Waals surface area contributed by atoms with E-state index in [0.29, 0.717) is 53.4 Å². The van der Waals surface area contributed by atoms with E-state index in [-0.39, 0.29) is 12.2 Å². The van der Waals surface area contributed by atoms with Crippen molar-refractivity contribution in [2.75, 3.05) is 43.5 Å². The van der Waals surface area contributed by atoms with Gasteiger partial charge in [0.05, 0.1) is 27.6 Å². The zero-order valence-electron chi connectivity index (χ0n) is 23.1. The Balaban J connectivity index is 1.19. The van der Waals surface area contributed by atoms with Crippen molar-refractivity contribution >= 4 is 40.6 Å². The second kappa shape index (κ2) is 12.5. The van der Waals surface area contributed by atoms with Crippen molar-refractivity contribution in [2.24, 2.45) is 5.92 Å². The lowest BCUT2D eigenvalue weighted by molar-refractivity contribution is -0.137. The maximum Gasteiger partial charge on any atom is 0.416 e. The minimum Gasteiger partial charge on any atom is -0.378 e. The van der Waals surface area contributed by atoms with Gasteiger partial charge in [-0.25, -0.2) is 9.97 Å². The van der Waals surface area contributed by atoms with Gasteiger partial charge in [-0.15, -0.1) is 0 Å². The number of carbonyl (C=O) groups excluding carboxylic acids is 2. The number of hydrogen-bond donors (Lipinski definition) is 2. The molecule has 2 aromatic heterocycles. The number of pyridine rings is 1. The van der Waals surface area contributed by atoms with Crippen LogP contribution in [0.2, 0.25) is 0 Å². The van der Waals surface area contributed by atoms with Crippen molar-refractivity contribution in [3.8, 4) is 11.3 Å². The highest BCUT2D eigenvalue weighted by Gasteiger charge is 2.32. The molecule has 4 heterocycles. The van der Waals surface area contributed by atoms with Crippen molar-refractivity contribution in [3.05, 3.63) is 70.5 Å². The number of thioether (sulfide) groups is 1. The van der Waals surface area contributed by atoms with Crippen LogP contribution in [0.25, 0.3) is 17.3 Å². The van der Waals surface area contributed by atoms with Gasteiger partial charge in [0.25, 0.3) is 11.1 Å². The van der Waals surface area contributed by atoms with Gasteiger partial charge in [0.15, 0.2) is 0 Å². The van der Waals surface area contributed by atoms with E-state index in [2.05, 4.69) is 30.5 Å². The van der Waals surface area contributed by atoms with Gasteiger partial charge in [-0.05, 0) is 73.5 Å². The van der Waals surface area contributed by atoms with E-state index in [9.17, 15) is 22.8 Å². The van der Waals surface area contributed by atoms with Gasteiger partial charge in [-0.1, -0.05) is 12.1 Å². The van der Waals surface area contributed by atoms with Crippen LogP contribution in [0, 0.1) is 5.92 Å². The molecular weight excluding hydrogens is 567 g/mol. The van der Waals surface area contributed by atoms with E-state index < -0.39 is 22.9 Å². The number of nitrogens with one attached hydrogen (secondary N) is 2. The molecule has 0 saturated carbocycles. The molecule has 2 saturated heterocycles. The number of aromatic nitrogens is 3. The van der Waals surface area contributed by atoms with Crippen LogP contribution in [0.3, 0.4) is 0 Å². The predicted octanol–water partition coefficient (Wildman–Crippen LogP) is 4.95. The minimum absolute atomic E-state index is 0.221. The van der Waals surface area contributed by atoms with Crippen molar-refractivity contribution in [1.29, 1.82) is 0 Å². The summed E-state index contributed by atoms with van der Waals surface area (Å²) in [5.74, 6) is 0.441. The van der Waals surface area contributed by atoms with Crippen molar-refractivity contribution in [2.45, 2.75) is 25.6 Å². The molecule has 2 amide bonds. The molecule has 3 aromatic rings. The Morgan fingerprint density at radius 1 is 1.12 bits per heavy atom. The molecule has 0 spiro atoms. The Labute approximate surface area is 245 Å². The predicted molar refractivity (Wildman–Crippen MR) is 157 cm³/mol. The number of carbonyl (C=O) groups is 2. The lowest BCUT2D eigenvalue weighted by atomic mass is 9.97. The standard InChI is InChI=1S/C29H30F3N7O2S/c1-38(2)23-5-3-4-19(12-23)24-14-20(29(30,31)32)13-22(35-24)17-33-16-18-7-10-39(11-8-18)27-34-9-6-21(36-27)15-25-26(40)37-28(41)42-25/h3-6,9,12-15,18,33H,7-8,10-11,16-17H2,1-2H3,(H,37,40,41)/b25-15+. The van der Waals surface area contributed by atoms with E-state index in [1.54, 1.807) is 24.4 Å². The van der Waals surface area contributed by atoms with Gasteiger partial charge < -0.3 is 15.1 Å². The molecule has 0 aliphatic carbocycles. The highest BCUT2D eigenvalue weighted by Crippen LogP contribution is 2.33. The number of amides is 2. The van der Waals surface area contributed by atoms with E-state index in [1.165, 1.54) is 0 Å². The number of imide groups is 1. The lowest BCUT2D eigenvalue weighted by Gasteiger charge is -2.32. The smallest absolute Gasteiger partial charge is 0.378 e. The second-order valence-corrected chi connectivity index (χ2v) is 11.4. The average molecular weight is 598 g/mol. The molecule has 2 aliphatic rings. The summed E-state index contributed by atoms with van der Waals surface area (Å²) >= 11 is 0.838. The van der Waals surface area contributed by atoms with Crippen molar-refractivity contribution < 1.29 is 22.8 Å². The molecule has 2 N–H and O–H groups in total. The van der Waals surface area contributed by atoms with Crippen LogP contribution < -0.4 is 20.4 Å². The summed E-state index contributed by atoms with van der Waals surface area (Å²) in [5.41, 5.74) is 1.95. The molecule has 0 radical (unpaired) electrons. The van der Waals surface area contributed by atoms with E-state index in [0.717, 1.165) is 42.4 Å². The molecule has 13 heteroatoms. The first-order valence-electron chi connectivity index (χ1n) is 13.4. The fraction of sp³-hybridized carbons (Fsp3) is 0.345. The van der Waals surface area contributed by atoms with Crippen molar-refractivity contribution in [1.82, 2.24) is 25.6 Å². The normalized spacial score (nSPS) is 17.2. The first-order chi connectivity index (χ1) is 20.0. The molecule has 0 unspecified atom stereocenters. The lowest BCUT2D eigenvalue weighted by Crippen LogP contribution is -2.38. The molecule has 1 aromatic carbocycles. The Bertz CT molecular complexity index is 1500. The van der Waals surface area contributed by atoms with Crippen molar-refractivity contribution in [3.63, 3.8) is 0 Å². The minimum atomic E-state index is -4.48. The molecule has 0 bridgehead atoms. The van der Waals surface area contributed by atoms with Crippen LogP contribution in [0.1, 0.15) is 29.8 Å². The topological polar surface area (TPSA) is 103 Å². The third kappa shape index (κ3) is 7.26.